The van der Waals surface area contributed by atoms with Crippen LogP contribution in [-0.4, -0.2) is 25.3 Å². The number of nitrogen functional groups attached to an aromatic ring is 1. The van der Waals surface area contributed by atoms with Crippen molar-refractivity contribution in [3.05, 3.63) is 23.3 Å². The van der Waals surface area contributed by atoms with Gasteiger partial charge >= 0.3 is 0 Å². The van der Waals surface area contributed by atoms with Crippen LogP contribution in [0, 0.1) is 13.8 Å². The van der Waals surface area contributed by atoms with E-state index in [1.54, 1.807) is 0 Å². The van der Waals surface area contributed by atoms with Crippen LogP contribution in [0.4, 0.5) is 11.4 Å². The fraction of sp³-hybridized carbons (Fsp3) is 0.571. The maximum Gasteiger partial charge on any atom is 0.0726 e. The third kappa shape index (κ3) is 2.55. The SMILES string of the molecule is Cc1cc(N)c(N2C[C@@H](C)O[C@@H](C)C2)cc1C. The first-order valence-corrected chi connectivity index (χ1v) is 6.24. The molecule has 1 aliphatic heterocycles. The predicted molar refractivity (Wildman–Crippen MR) is 72.6 cm³/mol. The van der Waals surface area contributed by atoms with Gasteiger partial charge in [-0.25, -0.2) is 0 Å². The molecule has 1 aromatic carbocycles. The van der Waals surface area contributed by atoms with Crippen LogP contribution >= 0.6 is 0 Å². The van der Waals surface area contributed by atoms with Gasteiger partial charge in [-0.2, -0.15) is 0 Å². The lowest BCUT2D eigenvalue weighted by Gasteiger charge is -2.37. The summed E-state index contributed by atoms with van der Waals surface area (Å²) < 4.78 is 5.75. The molecular weight excluding hydrogens is 212 g/mol. The molecular formula is C14H22N2O. The largest absolute Gasteiger partial charge is 0.397 e. The van der Waals surface area contributed by atoms with E-state index in [1.807, 2.05) is 0 Å². The van der Waals surface area contributed by atoms with Crippen LogP contribution in [0.5, 0.6) is 0 Å². The zero-order chi connectivity index (χ0) is 12.6. The lowest BCUT2D eigenvalue weighted by molar-refractivity contribution is -0.00517. The molecule has 0 amide bonds. The maximum atomic E-state index is 6.13. The van der Waals surface area contributed by atoms with Crippen LogP contribution in [0.1, 0.15) is 25.0 Å². The minimum Gasteiger partial charge on any atom is -0.397 e. The number of aryl methyl sites for hydroxylation is 2. The van der Waals surface area contributed by atoms with Gasteiger partial charge in [-0.1, -0.05) is 0 Å². The summed E-state index contributed by atoms with van der Waals surface area (Å²) in [6, 6.07) is 4.25. The van der Waals surface area contributed by atoms with Gasteiger partial charge < -0.3 is 15.4 Å². The van der Waals surface area contributed by atoms with E-state index in [0.29, 0.717) is 0 Å². The predicted octanol–water partition coefficient (Wildman–Crippen LogP) is 2.50. The Labute approximate surface area is 104 Å². The molecule has 1 heterocycles. The molecule has 2 rings (SSSR count). The summed E-state index contributed by atoms with van der Waals surface area (Å²) in [5.41, 5.74) is 10.7. The molecule has 1 aromatic rings. The van der Waals surface area contributed by atoms with Gasteiger partial charge in [0.25, 0.3) is 0 Å². The van der Waals surface area contributed by atoms with Crippen molar-refractivity contribution in [1.29, 1.82) is 0 Å². The number of ether oxygens (including phenoxy) is 1. The van der Waals surface area contributed by atoms with Gasteiger partial charge in [-0.15, -0.1) is 0 Å². The monoisotopic (exact) mass is 234 g/mol. The fourth-order valence-electron chi connectivity index (χ4n) is 2.47. The summed E-state index contributed by atoms with van der Waals surface area (Å²) in [6.07, 6.45) is 0.527. The molecule has 3 nitrogen and oxygen atoms in total. The molecule has 0 unspecified atom stereocenters. The zero-order valence-electron chi connectivity index (χ0n) is 11.2. The van der Waals surface area contributed by atoms with Crippen LogP contribution in [-0.2, 0) is 4.74 Å². The van der Waals surface area contributed by atoms with Gasteiger partial charge in [0, 0.05) is 13.1 Å². The number of rotatable bonds is 1. The smallest absolute Gasteiger partial charge is 0.0726 e. The Morgan fingerprint density at radius 1 is 1.12 bits per heavy atom. The number of anilines is 2. The Bertz CT molecular complexity index is 407. The van der Waals surface area contributed by atoms with E-state index in [2.05, 4.69) is 44.7 Å². The van der Waals surface area contributed by atoms with Crippen molar-refractivity contribution in [3.63, 3.8) is 0 Å². The summed E-state index contributed by atoms with van der Waals surface area (Å²) >= 11 is 0. The summed E-state index contributed by atoms with van der Waals surface area (Å²) in [5.74, 6) is 0. The van der Waals surface area contributed by atoms with Crippen LogP contribution in [0.15, 0.2) is 12.1 Å². The number of benzene rings is 1. The molecule has 3 heteroatoms. The molecule has 1 aliphatic rings. The second-order valence-electron chi connectivity index (χ2n) is 5.16. The van der Waals surface area contributed by atoms with Gasteiger partial charge in [0.05, 0.1) is 23.6 Å². The van der Waals surface area contributed by atoms with Crippen molar-refractivity contribution in [3.8, 4) is 0 Å². The van der Waals surface area contributed by atoms with Gasteiger partial charge in [0.15, 0.2) is 0 Å². The normalized spacial score (nSPS) is 25.1. The van der Waals surface area contributed by atoms with E-state index in [-0.39, 0.29) is 12.2 Å². The van der Waals surface area contributed by atoms with Crippen molar-refractivity contribution in [2.75, 3.05) is 23.7 Å². The number of hydrogen-bond donors (Lipinski definition) is 1. The topological polar surface area (TPSA) is 38.5 Å². The van der Waals surface area contributed by atoms with Crippen molar-refractivity contribution >= 4 is 11.4 Å². The van der Waals surface area contributed by atoms with Crippen molar-refractivity contribution in [2.45, 2.75) is 39.9 Å². The molecule has 0 aliphatic carbocycles. The Hall–Kier alpha value is -1.22. The van der Waals surface area contributed by atoms with Crippen LogP contribution < -0.4 is 10.6 Å². The molecule has 0 saturated carbocycles. The van der Waals surface area contributed by atoms with E-state index in [4.69, 9.17) is 10.5 Å². The summed E-state index contributed by atoms with van der Waals surface area (Å²) in [5, 5.41) is 0. The van der Waals surface area contributed by atoms with E-state index >= 15 is 0 Å². The first kappa shape index (κ1) is 12.2. The maximum absolute atomic E-state index is 6.13. The van der Waals surface area contributed by atoms with E-state index in [1.165, 1.54) is 11.1 Å². The molecule has 0 bridgehead atoms. The molecule has 1 fully saturated rings. The van der Waals surface area contributed by atoms with Crippen LogP contribution in [0.25, 0.3) is 0 Å². The molecule has 0 radical (unpaired) electrons. The third-order valence-electron chi connectivity index (χ3n) is 3.40. The molecule has 17 heavy (non-hydrogen) atoms. The molecule has 0 spiro atoms. The highest BCUT2D eigenvalue weighted by molar-refractivity contribution is 5.70. The van der Waals surface area contributed by atoms with Crippen LogP contribution in [0.3, 0.4) is 0 Å². The lowest BCUT2D eigenvalue weighted by Crippen LogP contribution is -2.45. The van der Waals surface area contributed by atoms with Crippen LogP contribution in [0.2, 0.25) is 0 Å². The third-order valence-corrected chi connectivity index (χ3v) is 3.40. The quantitative estimate of drug-likeness (QED) is 0.759. The highest BCUT2D eigenvalue weighted by atomic mass is 16.5. The molecule has 2 atom stereocenters. The number of nitrogens with zero attached hydrogens (tertiary/aromatic N) is 1. The Morgan fingerprint density at radius 2 is 1.65 bits per heavy atom. The first-order valence-electron chi connectivity index (χ1n) is 6.24. The molecule has 94 valence electrons. The van der Waals surface area contributed by atoms with E-state index < -0.39 is 0 Å². The average molecular weight is 234 g/mol. The summed E-state index contributed by atoms with van der Waals surface area (Å²) in [4.78, 5) is 2.33. The van der Waals surface area contributed by atoms with Gasteiger partial charge in [-0.3, -0.25) is 0 Å². The second-order valence-corrected chi connectivity index (χ2v) is 5.16. The molecule has 1 saturated heterocycles. The van der Waals surface area contributed by atoms with E-state index in [0.717, 1.165) is 24.5 Å². The number of morpholine rings is 1. The van der Waals surface area contributed by atoms with Crippen molar-refractivity contribution in [1.82, 2.24) is 0 Å². The first-order chi connectivity index (χ1) is 7.97. The molecule has 2 N–H and O–H groups in total. The van der Waals surface area contributed by atoms with Gasteiger partial charge in [-0.05, 0) is 51.0 Å². The Morgan fingerprint density at radius 3 is 2.24 bits per heavy atom. The van der Waals surface area contributed by atoms with E-state index in [9.17, 15) is 0 Å². The minimum atomic E-state index is 0.264. The van der Waals surface area contributed by atoms with Gasteiger partial charge in [0.1, 0.15) is 0 Å². The highest BCUT2D eigenvalue weighted by Gasteiger charge is 2.23. The van der Waals surface area contributed by atoms with Gasteiger partial charge in [0.2, 0.25) is 0 Å². The minimum absolute atomic E-state index is 0.264. The Balaban J connectivity index is 2.30. The standard InChI is InChI=1S/C14H22N2O/c1-9-5-13(15)14(6-10(9)2)16-7-11(3)17-12(4)8-16/h5-6,11-12H,7-8,15H2,1-4H3/t11-,12+. The lowest BCUT2D eigenvalue weighted by atomic mass is 10.1. The highest BCUT2D eigenvalue weighted by Crippen LogP contribution is 2.29. The second kappa shape index (κ2) is 4.57. The zero-order valence-corrected chi connectivity index (χ0v) is 11.2. The number of nitrogens with two attached hydrogens (primary N) is 1. The van der Waals surface area contributed by atoms with Crippen molar-refractivity contribution < 1.29 is 4.74 Å². The van der Waals surface area contributed by atoms with Crippen molar-refractivity contribution in [2.24, 2.45) is 0 Å². The Kier molecular flexibility index (Phi) is 3.29. The molecule has 0 aromatic heterocycles. The average Bonchev–Trinajstić information content (AvgIpc) is 2.22. The summed E-state index contributed by atoms with van der Waals surface area (Å²) in [6.45, 7) is 10.3. The fourth-order valence-corrected chi connectivity index (χ4v) is 2.47. The number of hydrogen-bond acceptors (Lipinski definition) is 3. The summed E-state index contributed by atoms with van der Waals surface area (Å²) in [7, 11) is 0.